The molecule has 0 amide bonds. The standard InChI is InChI=1S/C40H44F6N4O10/c1-21-23(19-59-37-31(39(41,42)43)11-25(35(49-37)57-3)15-47-17-27(51)13-33(53)54)7-5-9-29(21)30-10-6-8-24(22(30)2)20-60-38-32(40(44,45)46)12-26(36(50-38)58-4)16-48-18-28(52)14-34(55)56/h5-12,27-28,47-48,51-52H,13-20H2,1-4H3,(H,53,54)(H,55,56). The van der Waals surface area contributed by atoms with Crippen molar-refractivity contribution in [2.45, 2.75) is 77.6 Å². The van der Waals surface area contributed by atoms with Crippen LogP contribution in [0.25, 0.3) is 11.1 Å². The summed E-state index contributed by atoms with van der Waals surface area (Å²) < 4.78 is 107. The smallest absolute Gasteiger partial charge is 0.421 e. The van der Waals surface area contributed by atoms with Crippen molar-refractivity contribution in [3.05, 3.63) is 93.0 Å². The summed E-state index contributed by atoms with van der Waals surface area (Å²) >= 11 is 0. The molecule has 0 aliphatic heterocycles. The van der Waals surface area contributed by atoms with Gasteiger partial charge in [-0.3, -0.25) is 9.59 Å². The fourth-order valence-electron chi connectivity index (χ4n) is 6.13. The molecule has 0 fully saturated rings. The van der Waals surface area contributed by atoms with E-state index in [0.717, 1.165) is 12.1 Å². The number of nitrogens with one attached hydrogen (secondary N) is 2. The molecule has 0 saturated heterocycles. The Kier molecular flexibility index (Phi) is 16.1. The van der Waals surface area contributed by atoms with E-state index >= 15 is 0 Å². The lowest BCUT2D eigenvalue weighted by molar-refractivity contribution is -0.140. The molecule has 20 heteroatoms. The SMILES string of the molecule is COc1nc(OCc2cccc(-c3cccc(COc4nc(OC)c(CNCC(O)CC(=O)O)cc4C(F)(F)F)c3C)c2C)c(C(F)(F)F)cc1CNCC(O)CC(=O)O. The van der Waals surface area contributed by atoms with Crippen LogP contribution in [0.4, 0.5) is 26.3 Å². The van der Waals surface area contributed by atoms with Crippen LogP contribution in [-0.4, -0.2) is 81.8 Å². The fraction of sp³-hybridized carbons (Fsp3) is 0.400. The van der Waals surface area contributed by atoms with Gasteiger partial charge in [-0.25, -0.2) is 0 Å². The van der Waals surface area contributed by atoms with E-state index in [1.54, 1.807) is 50.2 Å². The van der Waals surface area contributed by atoms with Crippen LogP contribution >= 0.6 is 0 Å². The maximum absolute atomic E-state index is 14.3. The predicted molar refractivity (Wildman–Crippen MR) is 202 cm³/mol. The number of aliphatic carboxylic acids is 2. The first-order valence-corrected chi connectivity index (χ1v) is 18.2. The number of rotatable bonds is 21. The number of methoxy groups -OCH3 is 2. The maximum Gasteiger partial charge on any atom is 0.421 e. The summed E-state index contributed by atoms with van der Waals surface area (Å²) in [5.74, 6) is -4.37. The van der Waals surface area contributed by atoms with Crippen LogP contribution in [-0.2, 0) is 48.2 Å². The molecular formula is C40H44F6N4O10. The largest absolute Gasteiger partial charge is 0.481 e. The molecule has 0 saturated carbocycles. The lowest BCUT2D eigenvalue weighted by atomic mass is 9.92. The van der Waals surface area contributed by atoms with Crippen LogP contribution in [0.5, 0.6) is 23.5 Å². The van der Waals surface area contributed by atoms with Crippen LogP contribution < -0.4 is 29.6 Å². The second kappa shape index (κ2) is 20.5. The average Bonchev–Trinajstić information content (AvgIpc) is 3.16. The highest BCUT2D eigenvalue weighted by Gasteiger charge is 2.38. The van der Waals surface area contributed by atoms with E-state index in [4.69, 9.17) is 29.2 Å². The van der Waals surface area contributed by atoms with E-state index in [-0.39, 0.29) is 62.3 Å². The molecule has 0 aliphatic carbocycles. The molecular weight excluding hydrogens is 810 g/mol. The summed E-state index contributed by atoms with van der Waals surface area (Å²) in [6.07, 6.45) is -13.5. The topological polar surface area (TPSA) is 202 Å². The second-order valence-electron chi connectivity index (χ2n) is 13.5. The van der Waals surface area contributed by atoms with E-state index < -0.39 is 72.2 Å². The Labute approximate surface area is 340 Å². The second-order valence-corrected chi connectivity index (χ2v) is 13.5. The third-order valence-electron chi connectivity index (χ3n) is 9.17. The molecule has 2 unspecified atom stereocenters. The molecule has 2 atom stereocenters. The Morgan fingerprint density at radius 3 is 1.32 bits per heavy atom. The zero-order chi connectivity index (χ0) is 44.4. The van der Waals surface area contributed by atoms with Crippen molar-refractivity contribution >= 4 is 11.9 Å². The minimum atomic E-state index is -4.89. The Morgan fingerprint density at radius 2 is 1.00 bits per heavy atom. The van der Waals surface area contributed by atoms with E-state index in [2.05, 4.69) is 20.6 Å². The van der Waals surface area contributed by atoms with Crippen molar-refractivity contribution < 1.29 is 75.3 Å². The molecule has 60 heavy (non-hydrogen) atoms. The number of halogens is 6. The molecule has 326 valence electrons. The van der Waals surface area contributed by atoms with Gasteiger partial charge in [0.15, 0.2) is 0 Å². The first-order chi connectivity index (χ1) is 28.2. The van der Waals surface area contributed by atoms with Gasteiger partial charge in [0, 0.05) is 37.3 Å². The van der Waals surface area contributed by atoms with Gasteiger partial charge in [-0.1, -0.05) is 36.4 Å². The zero-order valence-electron chi connectivity index (χ0n) is 32.8. The van der Waals surface area contributed by atoms with Gasteiger partial charge in [-0.2, -0.15) is 36.3 Å². The van der Waals surface area contributed by atoms with Crippen molar-refractivity contribution in [2.75, 3.05) is 27.3 Å². The molecule has 2 aromatic carbocycles. The molecule has 0 aliphatic rings. The number of benzene rings is 2. The Hall–Kier alpha value is -5.70. The van der Waals surface area contributed by atoms with Gasteiger partial charge < -0.3 is 50.0 Å². The molecule has 4 rings (SSSR count). The number of pyridine rings is 2. The summed E-state index contributed by atoms with van der Waals surface area (Å²) in [5, 5.41) is 42.6. The minimum Gasteiger partial charge on any atom is -0.481 e. The van der Waals surface area contributed by atoms with Crippen molar-refractivity contribution in [2.24, 2.45) is 0 Å². The van der Waals surface area contributed by atoms with Crippen LogP contribution in [0.15, 0.2) is 48.5 Å². The highest BCUT2D eigenvalue weighted by molar-refractivity contribution is 5.72. The van der Waals surface area contributed by atoms with Gasteiger partial charge in [0.1, 0.15) is 24.3 Å². The summed E-state index contributed by atoms with van der Waals surface area (Å²) in [7, 11) is 2.41. The minimum absolute atomic E-state index is 0.0145. The van der Waals surface area contributed by atoms with Gasteiger partial charge in [0.25, 0.3) is 0 Å². The van der Waals surface area contributed by atoms with Gasteiger partial charge in [0.2, 0.25) is 23.5 Å². The number of alkyl halides is 6. The monoisotopic (exact) mass is 854 g/mol. The van der Waals surface area contributed by atoms with E-state index in [0.29, 0.717) is 33.4 Å². The summed E-state index contributed by atoms with van der Waals surface area (Å²) in [4.78, 5) is 29.6. The molecule has 2 heterocycles. The van der Waals surface area contributed by atoms with Crippen molar-refractivity contribution in [3.63, 3.8) is 0 Å². The fourth-order valence-corrected chi connectivity index (χ4v) is 6.13. The Morgan fingerprint density at radius 1 is 0.633 bits per heavy atom. The average molecular weight is 855 g/mol. The normalized spacial score (nSPS) is 12.8. The number of aliphatic hydroxyl groups is 2. The lowest BCUT2D eigenvalue weighted by Gasteiger charge is -2.20. The number of ether oxygens (including phenoxy) is 4. The van der Waals surface area contributed by atoms with E-state index in [9.17, 15) is 46.1 Å². The van der Waals surface area contributed by atoms with Gasteiger partial charge in [0.05, 0.1) is 39.3 Å². The number of nitrogens with zero attached hydrogens (tertiary/aromatic N) is 2. The van der Waals surface area contributed by atoms with Gasteiger partial charge in [-0.05, 0) is 59.4 Å². The quantitative estimate of drug-likeness (QED) is 0.0548. The van der Waals surface area contributed by atoms with Crippen molar-refractivity contribution in [1.29, 1.82) is 0 Å². The first-order valence-electron chi connectivity index (χ1n) is 18.2. The summed E-state index contributed by atoms with van der Waals surface area (Å²) in [5.41, 5.74) is 1.16. The van der Waals surface area contributed by atoms with Crippen molar-refractivity contribution in [3.8, 4) is 34.6 Å². The molecule has 6 N–H and O–H groups in total. The highest BCUT2D eigenvalue weighted by Crippen LogP contribution is 2.40. The summed E-state index contributed by atoms with van der Waals surface area (Å²) in [6, 6.07) is 11.8. The van der Waals surface area contributed by atoms with Crippen molar-refractivity contribution in [1.82, 2.24) is 20.6 Å². The number of hydrogen-bond acceptors (Lipinski definition) is 12. The Balaban J connectivity index is 1.55. The zero-order valence-corrected chi connectivity index (χ0v) is 32.8. The number of carboxylic acid groups (broad SMARTS) is 2. The lowest BCUT2D eigenvalue weighted by Crippen LogP contribution is -2.28. The maximum atomic E-state index is 14.3. The number of carbonyl (C=O) groups is 2. The first kappa shape index (κ1) is 47.0. The molecule has 2 aromatic heterocycles. The molecule has 0 radical (unpaired) electrons. The third-order valence-corrected chi connectivity index (χ3v) is 9.17. The van der Waals surface area contributed by atoms with E-state index in [1.165, 1.54) is 14.2 Å². The van der Waals surface area contributed by atoms with Gasteiger partial charge >= 0.3 is 24.3 Å². The molecule has 14 nitrogen and oxygen atoms in total. The van der Waals surface area contributed by atoms with Gasteiger partial charge in [-0.15, -0.1) is 0 Å². The highest BCUT2D eigenvalue weighted by atomic mass is 19.4. The van der Waals surface area contributed by atoms with Crippen LogP contribution in [0, 0.1) is 13.8 Å². The third kappa shape index (κ3) is 12.7. The molecule has 0 bridgehead atoms. The number of carboxylic acids is 2. The van der Waals surface area contributed by atoms with Crippen LogP contribution in [0.3, 0.4) is 0 Å². The predicted octanol–water partition coefficient (Wildman–Crippen LogP) is 5.82. The Bertz CT molecular complexity index is 1990. The van der Waals surface area contributed by atoms with Crippen LogP contribution in [0.2, 0.25) is 0 Å². The summed E-state index contributed by atoms with van der Waals surface area (Å²) in [6.45, 7) is 1.88. The van der Waals surface area contributed by atoms with Crippen LogP contribution in [0.1, 0.15) is 57.3 Å². The van der Waals surface area contributed by atoms with E-state index in [1.807, 2.05) is 0 Å². The number of aliphatic hydroxyl groups excluding tert-OH is 2. The number of hydrogen-bond donors (Lipinski definition) is 6. The molecule has 0 spiro atoms. The number of aromatic nitrogens is 2. The molecule has 4 aromatic rings.